The molecule has 0 radical (unpaired) electrons. The van der Waals surface area contributed by atoms with E-state index in [4.69, 9.17) is 13.7 Å². The first-order valence-corrected chi connectivity index (χ1v) is 9.24. The SMILES string of the molecule is CC[C@H]1OC(C)(C)O[C@H]1[C@@H]1COS(=O)(=O)N1Cc1ccccc1. The average Bonchev–Trinajstić information content (AvgIpc) is 2.97. The molecule has 23 heavy (non-hydrogen) atoms. The first-order valence-electron chi connectivity index (χ1n) is 7.88. The Bertz CT molecular complexity index is 646. The summed E-state index contributed by atoms with van der Waals surface area (Å²) in [5.41, 5.74) is 0.915. The summed E-state index contributed by atoms with van der Waals surface area (Å²) in [6.07, 6.45) is 0.269. The minimum Gasteiger partial charge on any atom is -0.345 e. The number of benzene rings is 1. The molecule has 0 unspecified atom stereocenters. The van der Waals surface area contributed by atoms with Gasteiger partial charge >= 0.3 is 10.3 Å². The molecule has 0 aromatic heterocycles. The van der Waals surface area contributed by atoms with Gasteiger partial charge in [-0.1, -0.05) is 37.3 Å². The van der Waals surface area contributed by atoms with Gasteiger partial charge in [-0.2, -0.15) is 12.7 Å². The molecule has 2 aliphatic heterocycles. The summed E-state index contributed by atoms with van der Waals surface area (Å²) in [5.74, 6) is -0.712. The molecule has 0 N–H and O–H groups in total. The summed E-state index contributed by atoms with van der Waals surface area (Å²) in [7, 11) is -3.74. The van der Waals surface area contributed by atoms with Crippen LogP contribution in [0.2, 0.25) is 0 Å². The van der Waals surface area contributed by atoms with E-state index in [-0.39, 0.29) is 31.4 Å². The zero-order valence-corrected chi connectivity index (χ0v) is 14.5. The summed E-state index contributed by atoms with van der Waals surface area (Å²) < 4.78 is 42.9. The van der Waals surface area contributed by atoms with Crippen LogP contribution in [0, 0.1) is 0 Å². The molecule has 2 heterocycles. The fraction of sp³-hybridized carbons (Fsp3) is 0.625. The molecule has 0 spiro atoms. The Morgan fingerprint density at radius 3 is 2.57 bits per heavy atom. The van der Waals surface area contributed by atoms with Gasteiger partial charge < -0.3 is 9.47 Å². The van der Waals surface area contributed by atoms with Gasteiger partial charge in [-0.15, -0.1) is 0 Å². The third-order valence-electron chi connectivity index (χ3n) is 4.23. The molecule has 3 atom stereocenters. The van der Waals surface area contributed by atoms with Crippen LogP contribution in [0.3, 0.4) is 0 Å². The van der Waals surface area contributed by atoms with Crippen LogP contribution in [0.4, 0.5) is 0 Å². The Balaban J connectivity index is 1.86. The Morgan fingerprint density at radius 1 is 1.22 bits per heavy atom. The van der Waals surface area contributed by atoms with E-state index in [2.05, 4.69) is 0 Å². The number of ether oxygens (including phenoxy) is 2. The van der Waals surface area contributed by atoms with E-state index < -0.39 is 16.1 Å². The topological polar surface area (TPSA) is 65.1 Å². The van der Waals surface area contributed by atoms with Gasteiger partial charge in [-0.3, -0.25) is 4.18 Å². The van der Waals surface area contributed by atoms with Crippen molar-refractivity contribution >= 4 is 10.3 Å². The van der Waals surface area contributed by atoms with E-state index in [0.717, 1.165) is 12.0 Å². The summed E-state index contributed by atoms with van der Waals surface area (Å²) in [5, 5.41) is 0. The highest BCUT2D eigenvalue weighted by Crippen LogP contribution is 2.36. The molecule has 0 aliphatic carbocycles. The van der Waals surface area contributed by atoms with Crippen LogP contribution in [0.1, 0.15) is 32.8 Å². The van der Waals surface area contributed by atoms with Crippen molar-refractivity contribution in [2.45, 2.75) is 57.8 Å². The average molecular weight is 341 g/mol. The van der Waals surface area contributed by atoms with E-state index in [1.165, 1.54) is 4.31 Å². The Labute approximate surface area is 137 Å². The van der Waals surface area contributed by atoms with Gasteiger partial charge in [0.25, 0.3) is 0 Å². The highest BCUT2D eigenvalue weighted by Gasteiger charge is 2.51. The molecule has 128 valence electrons. The first kappa shape index (κ1) is 16.9. The quantitative estimate of drug-likeness (QED) is 0.839. The molecule has 2 fully saturated rings. The standard InChI is InChI=1S/C16H23NO5S/c1-4-14-15(22-16(2,3)21-14)13-11-20-23(18,19)17(13)10-12-8-6-5-7-9-12/h5-9,13-15H,4,10-11H2,1-3H3/t13-,14+,15-/m0/s1. The van der Waals surface area contributed by atoms with Gasteiger partial charge in [0.15, 0.2) is 5.79 Å². The third-order valence-corrected chi connectivity index (χ3v) is 5.64. The predicted molar refractivity (Wildman–Crippen MR) is 84.8 cm³/mol. The number of rotatable bonds is 4. The van der Waals surface area contributed by atoms with Crippen molar-refractivity contribution in [1.29, 1.82) is 0 Å². The summed E-state index contributed by atoms with van der Waals surface area (Å²) in [4.78, 5) is 0. The molecule has 7 heteroatoms. The van der Waals surface area contributed by atoms with E-state index in [1.807, 2.05) is 51.1 Å². The lowest BCUT2D eigenvalue weighted by Crippen LogP contribution is -2.46. The maximum absolute atomic E-state index is 12.3. The second kappa shape index (κ2) is 6.14. The van der Waals surface area contributed by atoms with Gasteiger partial charge in [0.05, 0.1) is 18.8 Å². The molecule has 2 saturated heterocycles. The molecule has 1 aromatic rings. The van der Waals surface area contributed by atoms with Gasteiger partial charge in [-0.05, 0) is 25.8 Å². The zero-order valence-electron chi connectivity index (χ0n) is 13.6. The van der Waals surface area contributed by atoms with Crippen LogP contribution in [0.15, 0.2) is 30.3 Å². The minimum atomic E-state index is -3.74. The number of hydrogen-bond donors (Lipinski definition) is 0. The van der Waals surface area contributed by atoms with Gasteiger partial charge in [0, 0.05) is 6.54 Å². The lowest BCUT2D eigenvalue weighted by atomic mass is 10.0. The van der Waals surface area contributed by atoms with Crippen molar-refractivity contribution in [2.75, 3.05) is 6.61 Å². The van der Waals surface area contributed by atoms with Gasteiger partial charge in [0.1, 0.15) is 6.10 Å². The lowest BCUT2D eigenvalue weighted by Gasteiger charge is -2.27. The molecule has 0 saturated carbocycles. The highest BCUT2D eigenvalue weighted by molar-refractivity contribution is 7.84. The van der Waals surface area contributed by atoms with Crippen molar-refractivity contribution in [3.63, 3.8) is 0 Å². The predicted octanol–water partition coefficient (Wildman–Crippen LogP) is 2.06. The Morgan fingerprint density at radius 2 is 1.91 bits per heavy atom. The van der Waals surface area contributed by atoms with Crippen LogP contribution in [0.25, 0.3) is 0 Å². The number of nitrogens with zero attached hydrogens (tertiary/aromatic N) is 1. The normalized spacial score (nSPS) is 33.1. The second-order valence-corrected chi connectivity index (χ2v) is 7.95. The minimum absolute atomic E-state index is 0.0930. The Kier molecular flexibility index (Phi) is 4.50. The molecule has 1 aromatic carbocycles. The van der Waals surface area contributed by atoms with E-state index in [9.17, 15) is 8.42 Å². The third kappa shape index (κ3) is 3.44. The van der Waals surface area contributed by atoms with Crippen molar-refractivity contribution in [1.82, 2.24) is 4.31 Å². The maximum Gasteiger partial charge on any atom is 0.339 e. The monoisotopic (exact) mass is 341 g/mol. The highest BCUT2D eigenvalue weighted by atomic mass is 32.2. The van der Waals surface area contributed by atoms with Crippen molar-refractivity contribution < 1.29 is 22.1 Å². The fourth-order valence-corrected chi connectivity index (χ4v) is 4.46. The lowest BCUT2D eigenvalue weighted by molar-refractivity contribution is -0.150. The summed E-state index contributed by atoms with van der Waals surface area (Å²) >= 11 is 0. The zero-order chi connectivity index (χ0) is 16.7. The smallest absolute Gasteiger partial charge is 0.339 e. The van der Waals surface area contributed by atoms with Crippen LogP contribution >= 0.6 is 0 Å². The van der Waals surface area contributed by atoms with Crippen molar-refractivity contribution in [2.24, 2.45) is 0 Å². The Hall–Kier alpha value is -0.990. The van der Waals surface area contributed by atoms with Gasteiger partial charge in [-0.25, -0.2) is 0 Å². The molecule has 0 amide bonds. The maximum atomic E-state index is 12.3. The van der Waals surface area contributed by atoms with E-state index in [1.54, 1.807) is 0 Å². The molecular formula is C16H23NO5S. The molecular weight excluding hydrogens is 318 g/mol. The van der Waals surface area contributed by atoms with Crippen LogP contribution in [0.5, 0.6) is 0 Å². The fourth-order valence-electron chi connectivity index (χ4n) is 3.20. The second-order valence-electron chi connectivity index (χ2n) is 6.39. The molecule has 2 aliphatic rings. The van der Waals surface area contributed by atoms with Crippen molar-refractivity contribution in [3.8, 4) is 0 Å². The van der Waals surface area contributed by atoms with Crippen molar-refractivity contribution in [3.05, 3.63) is 35.9 Å². The molecule has 3 rings (SSSR count). The first-order chi connectivity index (χ1) is 10.8. The summed E-state index contributed by atoms with van der Waals surface area (Å²) in [6.45, 7) is 6.07. The van der Waals surface area contributed by atoms with Gasteiger partial charge in [0.2, 0.25) is 0 Å². The molecule has 6 nitrogen and oxygen atoms in total. The van der Waals surface area contributed by atoms with E-state index >= 15 is 0 Å². The van der Waals surface area contributed by atoms with Crippen LogP contribution in [-0.4, -0.2) is 43.4 Å². The summed E-state index contributed by atoms with van der Waals surface area (Å²) in [6, 6.07) is 9.10. The molecule has 0 bridgehead atoms. The largest absolute Gasteiger partial charge is 0.345 e. The van der Waals surface area contributed by atoms with Crippen LogP contribution < -0.4 is 0 Å². The number of hydrogen-bond acceptors (Lipinski definition) is 5. The van der Waals surface area contributed by atoms with Crippen LogP contribution in [-0.2, 0) is 30.5 Å². The van der Waals surface area contributed by atoms with E-state index in [0.29, 0.717) is 0 Å².